The molecule has 0 saturated heterocycles. The van der Waals surface area contributed by atoms with Crippen molar-refractivity contribution in [3.05, 3.63) is 57.0 Å². The Morgan fingerprint density at radius 1 is 1.21 bits per heavy atom. The van der Waals surface area contributed by atoms with E-state index in [9.17, 15) is 9.59 Å². The fourth-order valence-electron chi connectivity index (χ4n) is 3.52. The van der Waals surface area contributed by atoms with E-state index in [0.29, 0.717) is 24.2 Å². The first-order valence-electron chi connectivity index (χ1n) is 9.35. The highest BCUT2D eigenvalue weighted by atomic mass is 16.5. The SMILES string of the molecule is COc1ccc(CCNC(=O)CCc2c(C)c3c(C)nn(C)c3[nH]c2=O)cc1. The number of aryl methyl sites for hydroxylation is 3. The highest BCUT2D eigenvalue weighted by Gasteiger charge is 2.15. The number of pyridine rings is 1. The molecule has 148 valence electrons. The number of nitrogens with zero attached hydrogens (tertiary/aromatic N) is 2. The first-order valence-corrected chi connectivity index (χ1v) is 9.35. The van der Waals surface area contributed by atoms with Crippen LogP contribution < -0.4 is 15.6 Å². The monoisotopic (exact) mass is 382 g/mol. The topological polar surface area (TPSA) is 89.0 Å². The summed E-state index contributed by atoms with van der Waals surface area (Å²) >= 11 is 0. The molecule has 0 aliphatic heterocycles. The summed E-state index contributed by atoms with van der Waals surface area (Å²) in [5.41, 5.74) is 4.11. The molecule has 3 aromatic rings. The second-order valence-electron chi connectivity index (χ2n) is 6.94. The number of fused-ring (bicyclic) bond motifs is 1. The highest BCUT2D eigenvalue weighted by molar-refractivity contribution is 5.83. The van der Waals surface area contributed by atoms with Gasteiger partial charge in [0, 0.05) is 31.0 Å². The lowest BCUT2D eigenvalue weighted by atomic mass is 10.0. The van der Waals surface area contributed by atoms with Gasteiger partial charge >= 0.3 is 0 Å². The van der Waals surface area contributed by atoms with Crippen LogP contribution in [0.25, 0.3) is 11.0 Å². The van der Waals surface area contributed by atoms with Crippen LogP contribution in [0, 0.1) is 13.8 Å². The van der Waals surface area contributed by atoms with Crippen LogP contribution in [0.1, 0.15) is 28.8 Å². The molecule has 1 aromatic carbocycles. The fourth-order valence-corrected chi connectivity index (χ4v) is 3.52. The zero-order valence-corrected chi connectivity index (χ0v) is 16.8. The molecule has 0 aliphatic rings. The normalized spacial score (nSPS) is 11.0. The van der Waals surface area contributed by atoms with E-state index in [1.165, 1.54) is 0 Å². The Morgan fingerprint density at radius 2 is 1.93 bits per heavy atom. The van der Waals surface area contributed by atoms with Gasteiger partial charge in [-0.15, -0.1) is 0 Å². The van der Waals surface area contributed by atoms with Crippen molar-refractivity contribution in [1.82, 2.24) is 20.1 Å². The van der Waals surface area contributed by atoms with Gasteiger partial charge in [0.2, 0.25) is 5.91 Å². The predicted octanol–water partition coefficient (Wildman–Crippen LogP) is 2.18. The summed E-state index contributed by atoms with van der Waals surface area (Å²) in [4.78, 5) is 27.5. The van der Waals surface area contributed by atoms with E-state index in [1.54, 1.807) is 18.8 Å². The van der Waals surface area contributed by atoms with Crippen LogP contribution in [0.4, 0.5) is 0 Å². The van der Waals surface area contributed by atoms with Gasteiger partial charge in [-0.25, -0.2) is 0 Å². The van der Waals surface area contributed by atoms with Gasteiger partial charge in [0.1, 0.15) is 11.4 Å². The van der Waals surface area contributed by atoms with Crippen molar-refractivity contribution in [3.8, 4) is 5.75 Å². The largest absolute Gasteiger partial charge is 0.497 e. The molecule has 0 spiro atoms. The van der Waals surface area contributed by atoms with Gasteiger partial charge in [0.25, 0.3) is 5.56 Å². The molecule has 7 nitrogen and oxygen atoms in total. The molecule has 2 aromatic heterocycles. The highest BCUT2D eigenvalue weighted by Crippen LogP contribution is 2.21. The molecule has 28 heavy (non-hydrogen) atoms. The van der Waals surface area contributed by atoms with Crippen molar-refractivity contribution < 1.29 is 9.53 Å². The number of rotatable bonds is 7. The number of aromatic nitrogens is 3. The summed E-state index contributed by atoms with van der Waals surface area (Å²) in [5.74, 6) is 0.754. The molecular formula is C21H26N4O3. The van der Waals surface area contributed by atoms with Gasteiger partial charge in [-0.2, -0.15) is 5.10 Å². The molecule has 2 N–H and O–H groups in total. The number of carbonyl (C=O) groups is 1. The van der Waals surface area contributed by atoms with Crippen molar-refractivity contribution in [2.45, 2.75) is 33.1 Å². The van der Waals surface area contributed by atoms with Crippen molar-refractivity contribution in [1.29, 1.82) is 0 Å². The summed E-state index contributed by atoms with van der Waals surface area (Å²) in [6.45, 7) is 4.40. The number of ether oxygens (including phenoxy) is 1. The van der Waals surface area contributed by atoms with Crippen LogP contribution in [0.3, 0.4) is 0 Å². The van der Waals surface area contributed by atoms with Crippen LogP contribution in [0.5, 0.6) is 5.75 Å². The van der Waals surface area contributed by atoms with Crippen LogP contribution in [-0.4, -0.2) is 34.3 Å². The van der Waals surface area contributed by atoms with Crippen LogP contribution >= 0.6 is 0 Å². The lowest BCUT2D eigenvalue weighted by Gasteiger charge is -2.08. The van der Waals surface area contributed by atoms with E-state index in [1.807, 2.05) is 38.1 Å². The van der Waals surface area contributed by atoms with Gasteiger partial charge in [0.05, 0.1) is 12.8 Å². The van der Waals surface area contributed by atoms with E-state index in [0.717, 1.165) is 34.4 Å². The number of benzene rings is 1. The average molecular weight is 382 g/mol. The smallest absolute Gasteiger partial charge is 0.253 e. The Hall–Kier alpha value is -3.09. The molecule has 0 fully saturated rings. The Morgan fingerprint density at radius 3 is 2.61 bits per heavy atom. The lowest BCUT2D eigenvalue weighted by molar-refractivity contribution is -0.121. The molecule has 0 atom stereocenters. The summed E-state index contributed by atoms with van der Waals surface area (Å²) in [5, 5.41) is 8.25. The minimum absolute atomic E-state index is 0.0599. The molecule has 0 saturated carbocycles. The van der Waals surface area contributed by atoms with E-state index in [2.05, 4.69) is 15.4 Å². The number of hydrogen-bond donors (Lipinski definition) is 2. The molecule has 0 bridgehead atoms. The van der Waals surface area contributed by atoms with E-state index in [4.69, 9.17) is 4.74 Å². The van der Waals surface area contributed by atoms with Gasteiger partial charge in [0.15, 0.2) is 0 Å². The maximum Gasteiger partial charge on any atom is 0.253 e. The van der Waals surface area contributed by atoms with Crippen molar-refractivity contribution in [2.75, 3.05) is 13.7 Å². The standard InChI is InChI=1S/C21H26N4O3/c1-13-17(21(27)23-20-19(13)14(2)24-25(20)3)9-10-18(26)22-12-11-15-5-7-16(28-4)8-6-15/h5-8H,9-12H2,1-4H3,(H,22,26)(H,23,27). The van der Waals surface area contributed by atoms with Gasteiger partial charge < -0.3 is 15.0 Å². The molecule has 7 heteroatoms. The van der Waals surface area contributed by atoms with E-state index < -0.39 is 0 Å². The Labute approximate surface area is 163 Å². The van der Waals surface area contributed by atoms with Crippen LogP contribution in [0.2, 0.25) is 0 Å². The summed E-state index contributed by atoms with van der Waals surface area (Å²) in [6.07, 6.45) is 1.42. The fraction of sp³-hybridized carbons (Fsp3) is 0.381. The number of aromatic amines is 1. The molecule has 0 aliphatic carbocycles. The summed E-state index contributed by atoms with van der Waals surface area (Å²) in [6, 6.07) is 7.78. The maximum atomic E-state index is 12.4. The molecular weight excluding hydrogens is 356 g/mol. The van der Waals surface area contributed by atoms with E-state index in [-0.39, 0.29) is 17.9 Å². The van der Waals surface area contributed by atoms with Gasteiger partial charge in [-0.3, -0.25) is 14.3 Å². The first kappa shape index (κ1) is 19.7. The number of carbonyl (C=O) groups excluding carboxylic acids is 1. The number of nitrogens with one attached hydrogen (secondary N) is 2. The number of amides is 1. The molecule has 3 rings (SSSR count). The minimum Gasteiger partial charge on any atom is -0.497 e. The third-order valence-electron chi connectivity index (χ3n) is 5.05. The van der Waals surface area contributed by atoms with Crippen LogP contribution in [0.15, 0.2) is 29.1 Å². The minimum atomic E-state index is -0.154. The third-order valence-corrected chi connectivity index (χ3v) is 5.05. The number of methoxy groups -OCH3 is 1. The van der Waals surface area contributed by atoms with Gasteiger partial charge in [-0.1, -0.05) is 12.1 Å². The average Bonchev–Trinajstić information content (AvgIpc) is 2.95. The molecule has 0 radical (unpaired) electrons. The molecule has 0 unspecified atom stereocenters. The van der Waals surface area contributed by atoms with Crippen molar-refractivity contribution in [2.24, 2.45) is 7.05 Å². The maximum absolute atomic E-state index is 12.4. The van der Waals surface area contributed by atoms with Crippen molar-refractivity contribution >= 4 is 16.9 Å². The summed E-state index contributed by atoms with van der Waals surface area (Å²) in [7, 11) is 3.44. The zero-order valence-electron chi connectivity index (χ0n) is 16.8. The quantitative estimate of drug-likeness (QED) is 0.655. The Bertz CT molecular complexity index is 1050. The molecule has 2 heterocycles. The predicted molar refractivity (Wildman–Crippen MR) is 109 cm³/mol. The van der Waals surface area contributed by atoms with Crippen molar-refractivity contribution in [3.63, 3.8) is 0 Å². The lowest BCUT2D eigenvalue weighted by Crippen LogP contribution is -2.27. The summed E-state index contributed by atoms with van der Waals surface area (Å²) < 4.78 is 6.81. The van der Waals surface area contributed by atoms with E-state index >= 15 is 0 Å². The first-order chi connectivity index (χ1) is 13.4. The number of hydrogen-bond acceptors (Lipinski definition) is 4. The second kappa shape index (κ2) is 8.29. The Kier molecular flexibility index (Phi) is 5.82. The second-order valence-corrected chi connectivity index (χ2v) is 6.94. The van der Waals surface area contributed by atoms with Crippen LogP contribution in [-0.2, 0) is 24.7 Å². The Balaban J connectivity index is 1.58. The number of H-pyrrole nitrogens is 1. The molecule has 1 amide bonds. The zero-order chi connectivity index (χ0) is 20.3. The van der Waals surface area contributed by atoms with Gasteiger partial charge in [-0.05, 0) is 49.9 Å². The third kappa shape index (κ3) is 4.08.